The molecule has 3 heterocycles. The summed E-state index contributed by atoms with van der Waals surface area (Å²) >= 11 is 6.41. The zero-order chi connectivity index (χ0) is 19.8. The molecule has 0 bridgehead atoms. The molecule has 2 aromatic carbocycles. The van der Waals surface area contributed by atoms with E-state index in [1.807, 2.05) is 12.1 Å². The maximum absolute atomic E-state index is 6.41. The van der Waals surface area contributed by atoms with E-state index in [4.69, 9.17) is 16.7 Å². The molecule has 29 heavy (non-hydrogen) atoms. The zero-order valence-corrected chi connectivity index (χ0v) is 17.6. The summed E-state index contributed by atoms with van der Waals surface area (Å²) in [5, 5.41) is 9.54. The minimum Gasteiger partial charge on any atom is -0.369 e. The van der Waals surface area contributed by atoms with E-state index in [1.165, 1.54) is 36.1 Å². The second-order valence-electron chi connectivity index (χ2n) is 8.15. The van der Waals surface area contributed by atoms with Gasteiger partial charge in [-0.3, -0.25) is 4.90 Å². The van der Waals surface area contributed by atoms with Crippen LogP contribution in [0, 0.1) is 6.92 Å². The van der Waals surface area contributed by atoms with Gasteiger partial charge in [-0.15, -0.1) is 0 Å². The highest BCUT2D eigenvalue weighted by molar-refractivity contribution is 6.31. The van der Waals surface area contributed by atoms with Crippen molar-refractivity contribution in [2.45, 2.75) is 45.2 Å². The summed E-state index contributed by atoms with van der Waals surface area (Å²) in [5.74, 6) is 1.15. The Morgan fingerprint density at radius 2 is 1.97 bits per heavy atom. The molecule has 2 aliphatic rings. The highest BCUT2D eigenvalue weighted by atomic mass is 35.5. The molecule has 0 radical (unpaired) electrons. The second kappa shape index (κ2) is 7.85. The Balaban J connectivity index is 1.54. The van der Waals surface area contributed by atoms with E-state index in [0.717, 1.165) is 48.1 Å². The van der Waals surface area contributed by atoms with Gasteiger partial charge in [0.2, 0.25) is 0 Å². The van der Waals surface area contributed by atoms with Gasteiger partial charge in [-0.25, -0.2) is 4.68 Å². The number of anilines is 1. The predicted molar refractivity (Wildman–Crippen MR) is 119 cm³/mol. The summed E-state index contributed by atoms with van der Waals surface area (Å²) in [6.07, 6.45) is 4.74. The van der Waals surface area contributed by atoms with Gasteiger partial charge in [0.15, 0.2) is 0 Å². The van der Waals surface area contributed by atoms with E-state index in [9.17, 15) is 0 Å². The summed E-state index contributed by atoms with van der Waals surface area (Å²) in [5.41, 5.74) is 6.15. The van der Waals surface area contributed by atoms with Crippen LogP contribution in [0.25, 0.3) is 5.69 Å². The smallest absolute Gasteiger partial charge is 0.133 e. The van der Waals surface area contributed by atoms with Gasteiger partial charge in [0.05, 0.1) is 17.4 Å². The number of likely N-dealkylation sites (tertiary alicyclic amines) is 1. The molecule has 1 aromatic heterocycles. The molecule has 1 saturated heterocycles. The van der Waals surface area contributed by atoms with Gasteiger partial charge in [-0.1, -0.05) is 54.4 Å². The van der Waals surface area contributed by atoms with Crippen LogP contribution >= 0.6 is 11.6 Å². The molecule has 5 rings (SSSR count). The van der Waals surface area contributed by atoms with Crippen molar-refractivity contribution in [1.82, 2.24) is 14.7 Å². The first kappa shape index (κ1) is 18.7. The highest BCUT2D eigenvalue weighted by Crippen LogP contribution is 2.39. The average molecular weight is 407 g/mol. The lowest BCUT2D eigenvalue weighted by Gasteiger charge is -2.35. The number of aromatic nitrogens is 2. The van der Waals surface area contributed by atoms with Crippen LogP contribution < -0.4 is 5.32 Å². The fourth-order valence-corrected chi connectivity index (χ4v) is 4.95. The Kier molecular flexibility index (Phi) is 5.06. The largest absolute Gasteiger partial charge is 0.369 e. The quantitative estimate of drug-likeness (QED) is 0.618. The number of nitrogens with zero attached hydrogens (tertiary/aromatic N) is 3. The molecule has 3 aromatic rings. The standard InChI is InChI=1S/C24H27ClN4/c1-17-20(25)10-7-12-21(17)29-24-19(13-14-26-24)23(27-29)22-11-5-6-15-28(22)16-18-8-3-2-4-9-18/h2-4,7-10,12,22,26H,5-6,11,13-16H2,1H3. The Hall–Kier alpha value is -2.30. The molecule has 0 amide bonds. The average Bonchev–Trinajstić information content (AvgIpc) is 3.35. The topological polar surface area (TPSA) is 33.1 Å². The second-order valence-corrected chi connectivity index (χ2v) is 8.56. The molecule has 1 unspecified atom stereocenters. The van der Waals surface area contributed by atoms with Crippen molar-refractivity contribution >= 4 is 17.4 Å². The Labute approximate surface area is 177 Å². The van der Waals surface area contributed by atoms with E-state index < -0.39 is 0 Å². The fraction of sp³-hybridized carbons (Fsp3) is 0.375. The maximum atomic E-state index is 6.41. The van der Waals surface area contributed by atoms with Gasteiger partial charge in [0.25, 0.3) is 0 Å². The molecular formula is C24H27ClN4. The molecule has 0 aliphatic carbocycles. The molecular weight excluding hydrogens is 380 g/mol. The van der Waals surface area contributed by atoms with Crippen molar-refractivity contribution in [1.29, 1.82) is 0 Å². The van der Waals surface area contributed by atoms with Gasteiger partial charge in [-0.05, 0) is 56.0 Å². The number of piperidine rings is 1. The predicted octanol–water partition coefficient (Wildman–Crippen LogP) is 5.53. The first-order valence-electron chi connectivity index (χ1n) is 10.6. The van der Waals surface area contributed by atoms with Gasteiger partial charge in [0, 0.05) is 23.7 Å². The van der Waals surface area contributed by atoms with Crippen molar-refractivity contribution in [3.05, 3.63) is 75.9 Å². The number of halogens is 1. The van der Waals surface area contributed by atoms with Crippen LogP contribution in [0.3, 0.4) is 0 Å². The molecule has 1 fully saturated rings. The molecule has 2 aliphatic heterocycles. The van der Waals surface area contributed by atoms with Crippen LogP contribution in [0.2, 0.25) is 5.02 Å². The van der Waals surface area contributed by atoms with E-state index in [2.05, 4.69) is 58.2 Å². The van der Waals surface area contributed by atoms with Gasteiger partial charge >= 0.3 is 0 Å². The first-order chi connectivity index (χ1) is 14.2. The number of benzene rings is 2. The summed E-state index contributed by atoms with van der Waals surface area (Å²) in [7, 11) is 0. The lowest BCUT2D eigenvalue weighted by Crippen LogP contribution is -2.33. The minimum atomic E-state index is 0.373. The number of hydrogen-bond acceptors (Lipinski definition) is 3. The van der Waals surface area contributed by atoms with Crippen molar-refractivity contribution in [3.63, 3.8) is 0 Å². The maximum Gasteiger partial charge on any atom is 0.133 e. The van der Waals surface area contributed by atoms with Crippen LogP contribution in [-0.4, -0.2) is 27.8 Å². The summed E-state index contributed by atoms with van der Waals surface area (Å²) in [6, 6.07) is 17.2. The Bertz CT molecular complexity index is 1010. The monoisotopic (exact) mass is 406 g/mol. The first-order valence-corrected chi connectivity index (χ1v) is 11.0. The minimum absolute atomic E-state index is 0.373. The van der Waals surface area contributed by atoms with Crippen molar-refractivity contribution in [2.24, 2.45) is 0 Å². The Morgan fingerprint density at radius 1 is 1.10 bits per heavy atom. The van der Waals surface area contributed by atoms with Crippen LogP contribution in [0.1, 0.15) is 47.7 Å². The molecule has 0 spiro atoms. The van der Waals surface area contributed by atoms with E-state index >= 15 is 0 Å². The van der Waals surface area contributed by atoms with E-state index in [1.54, 1.807) is 0 Å². The molecule has 1 N–H and O–H groups in total. The molecule has 150 valence electrons. The summed E-state index contributed by atoms with van der Waals surface area (Å²) in [6.45, 7) is 5.16. The Morgan fingerprint density at radius 3 is 2.83 bits per heavy atom. The summed E-state index contributed by atoms with van der Waals surface area (Å²) < 4.78 is 2.09. The lowest BCUT2D eigenvalue weighted by atomic mass is 9.95. The number of fused-ring (bicyclic) bond motifs is 1. The van der Waals surface area contributed by atoms with Crippen LogP contribution in [0.15, 0.2) is 48.5 Å². The van der Waals surface area contributed by atoms with Crippen molar-refractivity contribution in [2.75, 3.05) is 18.4 Å². The third-order valence-electron chi connectivity index (χ3n) is 6.31. The van der Waals surface area contributed by atoms with Gasteiger partial charge in [-0.2, -0.15) is 5.10 Å². The number of rotatable bonds is 4. The van der Waals surface area contributed by atoms with Crippen LogP contribution in [0.4, 0.5) is 5.82 Å². The molecule has 0 saturated carbocycles. The highest BCUT2D eigenvalue weighted by Gasteiger charge is 2.33. The van der Waals surface area contributed by atoms with Crippen LogP contribution in [0.5, 0.6) is 0 Å². The van der Waals surface area contributed by atoms with Crippen molar-refractivity contribution in [3.8, 4) is 5.69 Å². The third-order valence-corrected chi connectivity index (χ3v) is 6.72. The molecule has 5 heteroatoms. The number of nitrogens with one attached hydrogen (secondary N) is 1. The zero-order valence-electron chi connectivity index (χ0n) is 16.9. The van der Waals surface area contributed by atoms with Gasteiger partial charge < -0.3 is 5.32 Å². The van der Waals surface area contributed by atoms with E-state index in [-0.39, 0.29) is 0 Å². The van der Waals surface area contributed by atoms with E-state index in [0.29, 0.717) is 6.04 Å². The summed E-state index contributed by atoms with van der Waals surface area (Å²) in [4.78, 5) is 2.62. The normalized spacial score (nSPS) is 19.2. The van der Waals surface area contributed by atoms with Crippen LogP contribution in [-0.2, 0) is 13.0 Å². The lowest BCUT2D eigenvalue weighted by molar-refractivity contribution is 0.136. The van der Waals surface area contributed by atoms with Gasteiger partial charge in [0.1, 0.15) is 5.82 Å². The third kappa shape index (κ3) is 3.45. The SMILES string of the molecule is Cc1c(Cl)cccc1-n1nc(C2CCCCN2Cc2ccccc2)c2c1NCC2. The molecule has 1 atom stereocenters. The fourth-order valence-electron chi connectivity index (χ4n) is 4.78. The molecule has 4 nitrogen and oxygen atoms in total. The number of hydrogen-bond donors (Lipinski definition) is 1. The van der Waals surface area contributed by atoms with Crippen molar-refractivity contribution < 1.29 is 0 Å².